The first-order valence-electron chi connectivity index (χ1n) is 8.47. The number of hydrogen-bond acceptors (Lipinski definition) is 3. The van der Waals surface area contributed by atoms with Crippen molar-refractivity contribution in [3.8, 4) is 0 Å². The van der Waals surface area contributed by atoms with Crippen molar-refractivity contribution in [3.63, 3.8) is 0 Å². The Morgan fingerprint density at radius 1 is 1.09 bits per heavy atom. The van der Waals surface area contributed by atoms with E-state index in [1.807, 2.05) is 0 Å². The largest absolute Gasteiger partial charge is 0.398 e. The predicted molar refractivity (Wildman–Crippen MR) is 96.2 cm³/mol. The second-order valence-electron chi connectivity index (χ2n) is 7.66. The molecule has 1 saturated heterocycles. The van der Waals surface area contributed by atoms with Crippen molar-refractivity contribution in [2.24, 2.45) is 5.41 Å². The summed E-state index contributed by atoms with van der Waals surface area (Å²) < 4.78 is 0. The number of nitrogens with two attached hydrogens (primary N) is 1. The number of rotatable bonds is 2. The maximum absolute atomic E-state index is 6.27. The van der Waals surface area contributed by atoms with Crippen LogP contribution in [0.1, 0.15) is 38.7 Å². The van der Waals surface area contributed by atoms with E-state index in [0.29, 0.717) is 5.41 Å². The lowest BCUT2D eigenvalue weighted by molar-refractivity contribution is 0.313. The summed E-state index contributed by atoms with van der Waals surface area (Å²) in [6, 6.07) is 6.58. The minimum atomic E-state index is 0.438. The third-order valence-electron chi connectivity index (χ3n) is 5.22. The van der Waals surface area contributed by atoms with Gasteiger partial charge in [-0.2, -0.15) is 0 Å². The highest BCUT2D eigenvalue weighted by Gasteiger charge is 2.23. The molecule has 0 spiro atoms. The van der Waals surface area contributed by atoms with Crippen LogP contribution < -0.4 is 10.6 Å². The van der Waals surface area contributed by atoms with Crippen LogP contribution in [0.15, 0.2) is 24.3 Å². The van der Waals surface area contributed by atoms with Crippen molar-refractivity contribution in [2.45, 2.75) is 33.1 Å². The van der Waals surface area contributed by atoms with Gasteiger partial charge in [0.25, 0.3) is 0 Å². The van der Waals surface area contributed by atoms with Crippen molar-refractivity contribution in [2.75, 3.05) is 43.9 Å². The molecule has 0 amide bonds. The molecule has 3 nitrogen and oxygen atoms in total. The third-order valence-corrected chi connectivity index (χ3v) is 5.22. The molecule has 120 valence electrons. The first kappa shape index (κ1) is 15.4. The van der Waals surface area contributed by atoms with Gasteiger partial charge in [0.1, 0.15) is 0 Å². The fourth-order valence-electron chi connectivity index (χ4n) is 3.41. The van der Waals surface area contributed by atoms with Crippen LogP contribution in [0.3, 0.4) is 0 Å². The first-order chi connectivity index (χ1) is 10.4. The van der Waals surface area contributed by atoms with Crippen molar-refractivity contribution in [1.82, 2.24) is 4.90 Å². The van der Waals surface area contributed by atoms with Gasteiger partial charge in [-0.1, -0.05) is 19.9 Å². The zero-order valence-electron chi connectivity index (χ0n) is 14.2. The number of benzene rings is 1. The third kappa shape index (κ3) is 3.30. The second kappa shape index (κ2) is 5.96. The molecule has 1 heterocycles. The molecule has 3 rings (SSSR count). The Morgan fingerprint density at radius 3 is 2.45 bits per heavy atom. The highest BCUT2D eigenvalue weighted by molar-refractivity contribution is 5.78. The van der Waals surface area contributed by atoms with E-state index in [0.717, 1.165) is 44.7 Å². The van der Waals surface area contributed by atoms with Crippen molar-refractivity contribution in [1.29, 1.82) is 0 Å². The zero-order chi connectivity index (χ0) is 15.7. The molecule has 0 radical (unpaired) electrons. The summed E-state index contributed by atoms with van der Waals surface area (Å²) in [4.78, 5) is 4.87. The summed E-state index contributed by atoms with van der Waals surface area (Å²) >= 11 is 0. The van der Waals surface area contributed by atoms with Crippen LogP contribution in [-0.4, -0.2) is 38.1 Å². The summed E-state index contributed by atoms with van der Waals surface area (Å²) in [5.74, 6) is 0. The molecule has 2 N–H and O–H groups in total. The standard InChI is InChI=1S/C19H29N3/c1-19(2)8-6-15(7-9-19)17-14-16(4-5-18(17)20)22-12-10-21(3)11-13-22/h4-6,14H,7-13,20H2,1-3H3. The van der Waals surface area contributed by atoms with Gasteiger partial charge < -0.3 is 15.5 Å². The van der Waals surface area contributed by atoms with E-state index >= 15 is 0 Å². The smallest absolute Gasteiger partial charge is 0.0391 e. The van der Waals surface area contributed by atoms with E-state index in [1.54, 1.807) is 0 Å². The number of hydrogen-bond donors (Lipinski definition) is 1. The van der Waals surface area contributed by atoms with Gasteiger partial charge in [-0.25, -0.2) is 0 Å². The zero-order valence-corrected chi connectivity index (χ0v) is 14.2. The first-order valence-corrected chi connectivity index (χ1v) is 8.47. The van der Waals surface area contributed by atoms with E-state index in [-0.39, 0.29) is 0 Å². The molecular weight excluding hydrogens is 270 g/mol. The van der Waals surface area contributed by atoms with Gasteiger partial charge in [0.2, 0.25) is 0 Å². The normalized spacial score (nSPS) is 22.5. The molecule has 1 aromatic rings. The van der Waals surface area contributed by atoms with Gasteiger partial charge in [-0.3, -0.25) is 0 Å². The molecular formula is C19H29N3. The number of allylic oxidation sites excluding steroid dienone is 2. The van der Waals surface area contributed by atoms with Crippen LogP contribution >= 0.6 is 0 Å². The second-order valence-corrected chi connectivity index (χ2v) is 7.66. The van der Waals surface area contributed by atoms with Crippen molar-refractivity contribution >= 4 is 16.9 Å². The molecule has 1 aromatic carbocycles. The maximum atomic E-state index is 6.27. The van der Waals surface area contributed by atoms with Crippen LogP contribution in [0, 0.1) is 5.41 Å². The molecule has 0 aromatic heterocycles. The Balaban J connectivity index is 1.83. The lowest BCUT2D eigenvalue weighted by Crippen LogP contribution is -2.44. The van der Waals surface area contributed by atoms with Crippen LogP contribution in [0.25, 0.3) is 5.57 Å². The van der Waals surface area contributed by atoms with E-state index in [1.165, 1.54) is 23.2 Å². The average Bonchev–Trinajstić information content (AvgIpc) is 2.49. The number of piperazine rings is 1. The summed E-state index contributed by atoms with van der Waals surface area (Å²) in [6.07, 6.45) is 5.95. The lowest BCUT2D eigenvalue weighted by Gasteiger charge is -2.34. The van der Waals surface area contributed by atoms with Crippen LogP contribution in [-0.2, 0) is 0 Å². The summed E-state index contributed by atoms with van der Waals surface area (Å²) in [5.41, 5.74) is 11.6. The minimum absolute atomic E-state index is 0.438. The van der Waals surface area contributed by atoms with Crippen molar-refractivity contribution < 1.29 is 0 Å². The summed E-state index contributed by atoms with van der Waals surface area (Å²) in [7, 11) is 2.19. The highest BCUT2D eigenvalue weighted by Crippen LogP contribution is 2.40. The Hall–Kier alpha value is -1.48. The fourth-order valence-corrected chi connectivity index (χ4v) is 3.41. The van der Waals surface area contributed by atoms with Gasteiger partial charge in [-0.15, -0.1) is 0 Å². The molecule has 1 fully saturated rings. The lowest BCUT2D eigenvalue weighted by atomic mass is 9.77. The number of likely N-dealkylation sites (N-methyl/N-ethyl adjacent to an activating group) is 1. The molecule has 1 aliphatic heterocycles. The van der Waals surface area contributed by atoms with Crippen molar-refractivity contribution in [3.05, 3.63) is 29.8 Å². The van der Waals surface area contributed by atoms with E-state index in [2.05, 4.69) is 55.0 Å². The number of anilines is 2. The molecule has 2 aliphatic rings. The van der Waals surface area contributed by atoms with E-state index in [9.17, 15) is 0 Å². The van der Waals surface area contributed by atoms with E-state index in [4.69, 9.17) is 5.73 Å². The number of nitrogens with zero attached hydrogens (tertiary/aromatic N) is 2. The molecule has 0 unspecified atom stereocenters. The Morgan fingerprint density at radius 2 is 1.82 bits per heavy atom. The molecule has 0 bridgehead atoms. The van der Waals surface area contributed by atoms with Gasteiger partial charge >= 0.3 is 0 Å². The summed E-state index contributed by atoms with van der Waals surface area (Å²) in [6.45, 7) is 9.18. The number of nitrogen functional groups attached to an aromatic ring is 1. The highest BCUT2D eigenvalue weighted by atomic mass is 15.2. The monoisotopic (exact) mass is 299 g/mol. The Labute approximate surface area is 134 Å². The Bertz CT molecular complexity index is 566. The molecule has 0 atom stereocenters. The topological polar surface area (TPSA) is 32.5 Å². The van der Waals surface area contributed by atoms with Gasteiger partial charge in [0.15, 0.2) is 0 Å². The van der Waals surface area contributed by atoms with Gasteiger partial charge in [0, 0.05) is 43.1 Å². The summed E-state index contributed by atoms with van der Waals surface area (Å²) in [5, 5.41) is 0. The molecule has 0 saturated carbocycles. The average molecular weight is 299 g/mol. The quantitative estimate of drug-likeness (QED) is 0.847. The SMILES string of the molecule is CN1CCN(c2ccc(N)c(C3=CCC(C)(C)CC3)c2)CC1. The Kier molecular flexibility index (Phi) is 4.18. The molecule has 22 heavy (non-hydrogen) atoms. The molecule has 3 heteroatoms. The van der Waals surface area contributed by atoms with E-state index < -0.39 is 0 Å². The molecule has 1 aliphatic carbocycles. The fraction of sp³-hybridized carbons (Fsp3) is 0.579. The minimum Gasteiger partial charge on any atom is -0.398 e. The van der Waals surface area contributed by atoms with Gasteiger partial charge in [-0.05, 0) is 55.5 Å². The van der Waals surface area contributed by atoms with Crippen LogP contribution in [0.5, 0.6) is 0 Å². The maximum Gasteiger partial charge on any atom is 0.0391 e. The predicted octanol–water partition coefficient (Wildman–Crippen LogP) is 3.61. The van der Waals surface area contributed by atoms with Gasteiger partial charge in [0.05, 0.1) is 0 Å². The van der Waals surface area contributed by atoms with Crippen LogP contribution in [0.4, 0.5) is 11.4 Å². The van der Waals surface area contributed by atoms with Crippen LogP contribution in [0.2, 0.25) is 0 Å².